The molecule has 14 heavy (non-hydrogen) atoms. The second-order valence-corrected chi connectivity index (χ2v) is 2.62. The van der Waals surface area contributed by atoms with E-state index in [4.69, 9.17) is 14.7 Å². The number of para-hydroxylation sites is 1. The van der Waals surface area contributed by atoms with Crippen molar-refractivity contribution in [3.05, 3.63) is 29.8 Å². The summed E-state index contributed by atoms with van der Waals surface area (Å²) in [4.78, 5) is 0. The van der Waals surface area contributed by atoms with E-state index in [-0.39, 0.29) is 0 Å². The Kier molecular flexibility index (Phi) is 4.50. The van der Waals surface area contributed by atoms with Crippen LogP contribution in [0.15, 0.2) is 29.4 Å². The van der Waals surface area contributed by atoms with Crippen molar-refractivity contribution in [2.24, 2.45) is 5.16 Å². The van der Waals surface area contributed by atoms with Gasteiger partial charge in [-0.15, -0.1) is 0 Å². The van der Waals surface area contributed by atoms with E-state index in [0.29, 0.717) is 19.0 Å². The van der Waals surface area contributed by atoms with Gasteiger partial charge in [-0.05, 0) is 12.1 Å². The number of methoxy groups -OCH3 is 1. The largest absolute Gasteiger partial charge is 0.491 e. The Balaban J connectivity index is 2.64. The predicted octanol–water partition coefficient (Wildman–Crippen LogP) is 1.52. The third kappa shape index (κ3) is 3.06. The lowest BCUT2D eigenvalue weighted by molar-refractivity contribution is 0.146. The van der Waals surface area contributed by atoms with Crippen LogP contribution in [-0.2, 0) is 4.74 Å². The van der Waals surface area contributed by atoms with Gasteiger partial charge in [0.2, 0.25) is 0 Å². The van der Waals surface area contributed by atoms with Crippen LogP contribution in [-0.4, -0.2) is 31.7 Å². The van der Waals surface area contributed by atoms with Crippen molar-refractivity contribution in [2.45, 2.75) is 0 Å². The number of oxime groups is 1. The van der Waals surface area contributed by atoms with Gasteiger partial charge < -0.3 is 14.7 Å². The molecular weight excluding hydrogens is 182 g/mol. The highest BCUT2D eigenvalue weighted by Crippen LogP contribution is 2.15. The van der Waals surface area contributed by atoms with Gasteiger partial charge in [0.25, 0.3) is 0 Å². The zero-order valence-corrected chi connectivity index (χ0v) is 8.01. The van der Waals surface area contributed by atoms with Gasteiger partial charge in [0, 0.05) is 12.7 Å². The molecule has 0 aliphatic heterocycles. The first kappa shape index (κ1) is 10.5. The summed E-state index contributed by atoms with van der Waals surface area (Å²) in [5, 5.41) is 11.4. The molecular formula is C10H13NO3. The van der Waals surface area contributed by atoms with Crippen LogP contribution >= 0.6 is 0 Å². The molecule has 0 aliphatic rings. The summed E-state index contributed by atoms with van der Waals surface area (Å²) in [6.45, 7) is 1.01. The summed E-state index contributed by atoms with van der Waals surface area (Å²) in [5.74, 6) is 0.683. The van der Waals surface area contributed by atoms with Crippen LogP contribution in [0.1, 0.15) is 5.56 Å². The van der Waals surface area contributed by atoms with Gasteiger partial charge in [-0.3, -0.25) is 0 Å². The molecule has 0 bridgehead atoms. The zero-order chi connectivity index (χ0) is 10.2. The maximum atomic E-state index is 8.40. The molecule has 0 unspecified atom stereocenters. The molecule has 4 heteroatoms. The maximum absolute atomic E-state index is 8.40. The Morgan fingerprint density at radius 2 is 2.14 bits per heavy atom. The monoisotopic (exact) mass is 195 g/mol. The first-order chi connectivity index (χ1) is 6.88. The number of hydrogen-bond acceptors (Lipinski definition) is 4. The number of benzene rings is 1. The number of hydrogen-bond donors (Lipinski definition) is 1. The Morgan fingerprint density at radius 1 is 1.36 bits per heavy atom. The number of ether oxygens (including phenoxy) is 2. The molecule has 0 spiro atoms. The molecule has 0 amide bonds. The van der Waals surface area contributed by atoms with Crippen LogP contribution in [0.5, 0.6) is 5.75 Å². The molecule has 0 atom stereocenters. The number of rotatable bonds is 5. The first-order valence-corrected chi connectivity index (χ1v) is 4.26. The van der Waals surface area contributed by atoms with E-state index >= 15 is 0 Å². The highest BCUT2D eigenvalue weighted by Gasteiger charge is 1.99. The summed E-state index contributed by atoms with van der Waals surface area (Å²) >= 11 is 0. The van der Waals surface area contributed by atoms with Crippen LogP contribution in [0.4, 0.5) is 0 Å². The molecule has 1 aromatic carbocycles. The third-order valence-corrected chi connectivity index (χ3v) is 1.66. The Morgan fingerprint density at radius 3 is 2.86 bits per heavy atom. The second kappa shape index (κ2) is 5.99. The highest BCUT2D eigenvalue weighted by atomic mass is 16.5. The van der Waals surface area contributed by atoms with Crippen molar-refractivity contribution in [1.82, 2.24) is 0 Å². The van der Waals surface area contributed by atoms with Crippen LogP contribution in [0.3, 0.4) is 0 Å². The minimum Gasteiger partial charge on any atom is -0.491 e. The average Bonchev–Trinajstić information content (AvgIpc) is 2.21. The molecule has 1 aromatic rings. The minimum atomic E-state index is 0.479. The Labute approximate surface area is 82.8 Å². The molecule has 0 heterocycles. The maximum Gasteiger partial charge on any atom is 0.128 e. The minimum absolute atomic E-state index is 0.479. The average molecular weight is 195 g/mol. The summed E-state index contributed by atoms with van der Waals surface area (Å²) < 4.78 is 10.3. The van der Waals surface area contributed by atoms with Crippen molar-refractivity contribution < 1.29 is 14.7 Å². The fourth-order valence-corrected chi connectivity index (χ4v) is 1.02. The molecule has 0 fully saturated rings. The molecule has 4 nitrogen and oxygen atoms in total. The van der Waals surface area contributed by atoms with Crippen molar-refractivity contribution in [3.63, 3.8) is 0 Å². The van der Waals surface area contributed by atoms with Crippen LogP contribution in [0.2, 0.25) is 0 Å². The van der Waals surface area contributed by atoms with Gasteiger partial charge in [0.1, 0.15) is 12.4 Å². The lowest BCUT2D eigenvalue weighted by Gasteiger charge is -2.07. The quantitative estimate of drug-likeness (QED) is 0.335. The normalized spacial score (nSPS) is 10.6. The number of nitrogens with zero attached hydrogens (tertiary/aromatic N) is 1. The third-order valence-electron chi connectivity index (χ3n) is 1.66. The van der Waals surface area contributed by atoms with Gasteiger partial charge >= 0.3 is 0 Å². The molecule has 0 aromatic heterocycles. The van der Waals surface area contributed by atoms with Gasteiger partial charge in [-0.25, -0.2) is 0 Å². The van der Waals surface area contributed by atoms with Crippen LogP contribution in [0.25, 0.3) is 0 Å². The molecule has 0 saturated carbocycles. The summed E-state index contributed by atoms with van der Waals surface area (Å²) in [7, 11) is 1.62. The van der Waals surface area contributed by atoms with Gasteiger partial charge in [-0.1, -0.05) is 17.3 Å². The van der Waals surface area contributed by atoms with Gasteiger partial charge in [-0.2, -0.15) is 0 Å². The smallest absolute Gasteiger partial charge is 0.128 e. The van der Waals surface area contributed by atoms with Gasteiger partial charge in [0.05, 0.1) is 12.8 Å². The van der Waals surface area contributed by atoms with E-state index in [1.54, 1.807) is 7.11 Å². The highest BCUT2D eigenvalue weighted by molar-refractivity contribution is 5.82. The molecule has 0 saturated heterocycles. The Hall–Kier alpha value is -1.55. The summed E-state index contributed by atoms with van der Waals surface area (Å²) in [5.41, 5.74) is 0.742. The van der Waals surface area contributed by atoms with E-state index in [0.717, 1.165) is 5.56 Å². The van der Waals surface area contributed by atoms with Crippen LogP contribution in [0, 0.1) is 0 Å². The van der Waals surface area contributed by atoms with E-state index in [2.05, 4.69) is 5.16 Å². The van der Waals surface area contributed by atoms with Crippen molar-refractivity contribution in [2.75, 3.05) is 20.3 Å². The second-order valence-electron chi connectivity index (χ2n) is 2.62. The summed E-state index contributed by atoms with van der Waals surface area (Å²) in [6.07, 6.45) is 1.34. The lowest BCUT2D eigenvalue weighted by Crippen LogP contribution is -2.05. The molecule has 0 radical (unpaired) electrons. The van der Waals surface area contributed by atoms with Crippen molar-refractivity contribution in [3.8, 4) is 5.75 Å². The van der Waals surface area contributed by atoms with E-state index < -0.39 is 0 Å². The summed E-state index contributed by atoms with van der Waals surface area (Å²) in [6, 6.07) is 7.32. The molecule has 1 rings (SSSR count). The first-order valence-electron chi connectivity index (χ1n) is 4.26. The molecule has 1 N–H and O–H groups in total. The molecule has 0 aliphatic carbocycles. The fourth-order valence-electron chi connectivity index (χ4n) is 1.02. The van der Waals surface area contributed by atoms with Crippen LogP contribution < -0.4 is 4.74 Å². The Bertz CT molecular complexity index is 299. The predicted molar refractivity (Wildman–Crippen MR) is 53.2 cm³/mol. The molecule has 76 valence electrons. The fraction of sp³-hybridized carbons (Fsp3) is 0.300. The zero-order valence-electron chi connectivity index (χ0n) is 8.01. The van der Waals surface area contributed by atoms with E-state index in [1.807, 2.05) is 24.3 Å². The van der Waals surface area contributed by atoms with Crippen molar-refractivity contribution >= 4 is 6.21 Å². The lowest BCUT2D eigenvalue weighted by atomic mass is 10.2. The van der Waals surface area contributed by atoms with E-state index in [9.17, 15) is 0 Å². The van der Waals surface area contributed by atoms with Gasteiger partial charge in [0.15, 0.2) is 0 Å². The standard InChI is InChI=1S/C10H13NO3/c1-13-6-7-14-10-5-3-2-4-9(10)8-11-12/h2-5,8,12H,6-7H2,1H3/b11-8+. The SMILES string of the molecule is COCCOc1ccccc1/C=N/O. The van der Waals surface area contributed by atoms with E-state index in [1.165, 1.54) is 6.21 Å². The van der Waals surface area contributed by atoms with Crippen molar-refractivity contribution in [1.29, 1.82) is 0 Å². The topological polar surface area (TPSA) is 51.0 Å².